The van der Waals surface area contributed by atoms with Crippen molar-refractivity contribution in [2.24, 2.45) is 0 Å². The third kappa shape index (κ3) is 14.1. The fraction of sp³-hybridized carbons (Fsp3) is 0.857. The van der Waals surface area contributed by atoms with Crippen LogP contribution in [-0.4, -0.2) is 11.5 Å². The van der Waals surface area contributed by atoms with Crippen molar-refractivity contribution in [3.8, 4) is 0 Å². The topological polar surface area (TPSA) is 0 Å². The maximum atomic E-state index is 2.36. The summed E-state index contributed by atoms with van der Waals surface area (Å²) in [5, 5.41) is 0. The average Bonchev–Trinajstić information content (AvgIpc) is 2.26. The van der Waals surface area contributed by atoms with Crippen molar-refractivity contribution in [1.82, 2.24) is 0 Å². The van der Waals surface area contributed by atoms with Crippen LogP contribution < -0.4 is 0 Å². The first-order valence-corrected chi connectivity index (χ1v) is 7.80. The van der Waals surface area contributed by atoms with Crippen LogP contribution in [0.25, 0.3) is 0 Å². The Morgan fingerprint density at radius 1 is 0.800 bits per heavy atom. The van der Waals surface area contributed by atoms with Gasteiger partial charge >= 0.3 is 0 Å². The molecule has 0 atom stereocenters. The summed E-state index contributed by atoms with van der Waals surface area (Å²) in [6.07, 6.45) is 15.9. The lowest BCUT2D eigenvalue weighted by Gasteiger charge is -1.98. The fourth-order valence-corrected chi connectivity index (χ4v) is 2.10. The SMILES string of the molecule is CCCCCCCCC/C=C/CSCC. The highest BCUT2D eigenvalue weighted by molar-refractivity contribution is 7.99. The maximum absolute atomic E-state index is 2.36. The number of hydrogen-bond acceptors (Lipinski definition) is 1. The predicted molar refractivity (Wildman–Crippen MR) is 74.7 cm³/mol. The Morgan fingerprint density at radius 2 is 1.47 bits per heavy atom. The second-order valence-corrected chi connectivity index (χ2v) is 5.36. The van der Waals surface area contributed by atoms with Gasteiger partial charge in [-0.15, -0.1) is 0 Å². The molecule has 0 saturated carbocycles. The predicted octanol–water partition coefficient (Wildman–Crippen LogP) is 5.44. The Bertz CT molecular complexity index is 129. The Labute approximate surface area is 101 Å². The van der Waals surface area contributed by atoms with Gasteiger partial charge in [0.15, 0.2) is 0 Å². The van der Waals surface area contributed by atoms with E-state index in [1.54, 1.807) is 0 Å². The molecule has 0 amide bonds. The molecule has 0 unspecified atom stereocenters. The van der Waals surface area contributed by atoms with Crippen LogP contribution in [0.2, 0.25) is 0 Å². The van der Waals surface area contributed by atoms with Gasteiger partial charge in [-0.3, -0.25) is 0 Å². The smallest absolute Gasteiger partial charge is 0.0113 e. The summed E-state index contributed by atoms with van der Waals surface area (Å²) < 4.78 is 0. The van der Waals surface area contributed by atoms with E-state index in [2.05, 4.69) is 26.0 Å². The summed E-state index contributed by atoms with van der Waals surface area (Å²) in [4.78, 5) is 0. The van der Waals surface area contributed by atoms with Gasteiger partial charge in [0, 0.05) is 5.75 Å². The van der Waals surface area contributed by atoms with Crippen LogP contribution in [-0.2, 0) is 0 Å². The van der Waals surface area contributed by atoms with E-state index in [1.165, 1.54) is 62.9 Å². The zero-order valence-corrected chi connectivity index (χ0v) is 11.5. The molecule has 0 aliphatic carbocycles. The van der Waals surface area contributed by atoms with Crippen molar-refractivity contribution in [2.75, 3.05) is 11.5 Å². The molecular weight excluding hydrogens is 200 g/mol. The van der Waals surface area contributed by atoms with Gasteiger partial charge < -0.3 is 0 Å². The van der Waals surface area contributed by atoms with E-state index in [0.717, 1.165) is 0 Å². The zero-order chi connectivity index (χ0) is 11.2. The quantitative estimate of drug-likeness (QED) is 0.335. The van der Waals surface area contributed by atoms with Crippen LogP contribution in [0, 0.1) is 0 Å². The van der Waals surface area contributed by atoms with Gasteiger partial charge in [-0.25, -0.2) is 0 Å². The van der Waals surface area contributed by atoms with E-state index in [9.17, 15) is 0 Å². The van der Waals surface area contributed by atoms with Gasteiger partial charge in [-0.1, -0.05) is 64.5 Å². The molecule has 0 saturated heterocycles. The first kappa shape index (κ1) is 15.1. The van der Waals surface area contributed by atoms with Crippen LogP contribution in [0.4, 0.5) is 0 Å². The molecule has 0 aromatic carbocycles. The van der Waals surface area contributed by atoms with Crippen LogP contribution in [0.3, 0.4) is 0 Å². The fourth-order valence-electron chi connectivity index (χ4n) is 1.59. The molecule has 0 aliphatic heterocycles. The molecule has 0 nitrogen and oxygen atoms in total. The number of hydrogen-bond donors (Lipinski definition) is 0. The van der Waals surface area contributed by atoms with Gasteiger partial charge in [0.05, 0.1) is 0 Å². The van der Waals surface area contributed by atoms with Crippen molar-refractivity contribution < 1.29 is 0 Å². The second kappa shape index (κ2) is 14.1. The minimum atomic E-state index is 1.20. The third-order valence-electron chi connectivity index (χ3n) is 2.56. The number of unbranched alkanes of at least 4 members (excludes halogenated alkanes) is 7. The first-order chi connectivity index (χ1) is 7.41. The van der Waals surface area contributed by atoms with Crippen LogP contribution >= 0.6 is 11.8 Å². The van der Waals surface area contributed by atoms with Crippen LogP contribution in [0.1, 0.15) is 65.2 Å². The molecule has 15 heavy (non-hydrogen) atoms. The molecule has 90 valence electrons. The number of rotatable bonds is 11. The van der Waals surface area contributed by atoms with Gasteiger partial charge in [0.2, 0.25) is 0 Å². The summed E-state index contributed by atoms with van der Waals surface area (Å²) in [5.41, 5.74) is 0. The Morgan fingerprint density at radius 3 is 2.13 bits per heavy atom. The highest BCUT2D eigenvalue weighted by atomic mass is 32.2. The Hall–Kier alpha value is 0.0900. The second-order valence-electron chi connectivity index (χ2n) is 4.04. The van der Waals surface area contributed by atoms with E-state index < -0.39 is 0 Å². The molecule has 0 bridgehead atoms. The molecule has 0 spiro atoms. The van der Waals surface area contributed by atoms with Gasteiger partial charge in [-0.2, -0.15) is 11.8 Å². The largest absolute Gasteiger partial charge is 0.158 e. The van der Waals surface area contributed by atoms with Gasteiger partial charge in [0.25, 0.3) is 0 Å². The monoisotopic (exact) mass is 228 g/mol. The number of allylic oxidation sites excluding steroid dienone is 1. The van der Waals surface area contributed by atoms with Crippen molar-refractivity contribution in [1.29, 1.82) is 0 Å². The summed E-state index contributed by atoms with van der Waals surface area (Å²) >= 11 is 2.00. The first-order valence-electron chi connectivity index (χ1n) is 6.64. The molecule has 0 radical (unpaired) electrons. The van der Waals surface area contributed by atoms with Crippen molar-refractivity contribution in [3.63, 3.8) is 0 Å². The van der Waals surface area contributed by atoms with Crippen LogP contribution in [0.15, 0.2) is 12.2 Å². The summed E-state index contributed by atoms with van der Waals surface area (Å²) in [6, 6.07) is 0. The summed E-state index contributed by atoms with van der Waals surface area (Å²) in [7, 11) is 0. The minimum Gasteiger partial charge on any atom is -0.158 e. The molecule has 0 aliphatic rings. The molecule has 1 heteroatoms. The van der Waals surface area contributed by atoms with E-state index in [1.807, 2.05) is 11.8 Å². The van der Waals surface area contributed by atoms with Crippen LogP contribution in [0.5, 0.6) is 0 Å². The molecular formula is C14H28S. The third-order valence-corrected chi connectivity index (χ3v) is 3.40. The highest BCUT2D eigenvalue weighted by Crippen LogP contribution is 2.08. The minimum absolute atomic E-state index is 1.20. The number of thioether (sulfide) groups is 1. The summed E-state index contributed by atoms with van der Waals surface area (Å²) in [5.74, 6) is 2.44. The van der Waals surface area contributed by atoms with Crippen molar-refractivity contribution in [2.45, 2.75) is 65.2 Å². The average molecular weight is 228 g/mol. The van der Waals surface area contributed by atoms with E-state index in [0.29, 0.717) is 0 Å². The standard InChI is InChI=1S/C14H28S/c1-3-5-6-7-8-9-10-11-12-13-14-15-4-2/h12-13H,3-11,14H2,1-2H3/b13-12+. The summed E-state index contributed by atoms with van der Waals surface area (Å²) in [6.45, 7) is 4.49. The zero-order valence-electron chi connectivity index (χ0n) is 10.6. The molecule has 0 N–H and O–H groups in total. The lowest BCUT2D eigenvalue weighted by molar-refractivity contribution is 0.592. The lowest BCUT2D eigenvalue weighted by Crippen LogP contribution is -1.79. The highest BCUT2D eigenvalue weighted by Gasteiger charge is 1.89. The maximum Gasteiger partial charge on any atom is 0.0113 e. The van der Waals surface area contributed by atoms with Gasteiger partial charge in [0.1, 0.15) is 0 Å². The molecule has 0 rings (SSSR count). The van der Waals surface area contributed by atoms with E-state index >= 15 is 0 Å². The van der Waals surface area contributed by atoms with Crippen molar-refractivity contribution >= 4 is 11.8 Å². The Balaban J connectivity index is 2.95. The molecule has 0 aromatic heterocycles. The van der Waals surface area contributed by atoms with E-state index in [-0.39, 0.29) is 0 Å². The Kier molecular flexibility index (Phi) is 14.2. The molecule has 0 heterocycles. The lowest BCUT2D eigenvalue weighted by atomic mass is 10.1. The molecule has 0 fully saturated rings. The van der Waals surface area contributed by atoms with Crippen molar-refractivity contribution in [3.05, 3.63) is 12.2 Å². The van der Waals surface area contributed by atoms with E-state index in [4.69, 9.17) is 0 Å². The normalized spacial score (nSPS) is 11.3. The molecule has 0 aromatic rings. The van der Waals surface area contributed by atoms with Gasteiger partial charge in [-0.05, 0) is 18.6 Å².